The minimum absolute atomic E-state index is 0.119. The molecule has 0 heterocycles. The molecule has 2 N–H and O–H groups in total. The Labute approximate surface area is 190 Å². The molecule has 168 valence electrons. The summed E-state index contributed by atoms with van der Waals surface area (Å²) in [6.07, 6.45) is 6.02. The van der Waals surface area contributed by atoms with Gasteiger partial charge in [-0.05, 0) is 55.0 Å². The van der Waals surface area contributed by atoms with E-state index in [-0.39, 0.29) is 12.5 Å². The van der Waals surface area contributed by atoms with E-state index in [1.807, 2.05) is 78.9 Å². The summed E-state index contributed by atoms with van der Waals surface area (Å²) >= 11 is 0. The molecule has 0 saturated heterocycles. The first-order chi connectivity index (χ1) is 15.7. The Morgan fingerprint density at radius 3 is 2.25 bits per heavy atom. The summed E-state index contributed by atoms with van der Waals surface area (Å²) in [4.78, 5) is 12.3. The average molecular weight is 433 g/mol. The fourth-order valence-corrected chi connectivity index (χ4v) is 3.21. The van der Waals surface area contributed by atoms with Crippen LogP contribution in [0.15, 0.2) is 78.9 Å². The van der Waals surface area contributed by atoms with Gasteiger partial charge in [0.15, 0.2) is 0 Å². The molecule has 0 spiro atoms. The zero-order valence-corrected chi connectivity index (χ0v) is 18.7. The summed E-state index contributed by atoms with van der Waals surface area (Å²) in [6.45, 7) is 3.08. The van der Waals surface area contributed by atoms with Crippen molar-refractivity contribution in [3.05, 3.63) is 78.9 Å². The van der Waals surface area contributed by atoms with E-state index < -0.39 is 0 Å². The second-order valence-corrected chi connectivity index (χ2v) is 7.63. The lowest BCUT2D eigenvalue weighted by atomic mass is 10.2. The summed E-state index contributed by atoms with van der Waals surface area (Å²) in [5.74, 6) is 2.19. The predicted molar refractivity (Wildman–Crippen MR) is 131 cm³/mol. The second kappa shape index (κ2) is 13.1. The molecule has 0 aliphatic carbocycles. The Kier molecular flexibility index (Phi) is 9.46. The van der Waals surface area contributed by atoms with Crippen LogP contribution in [0.5, 0.6) is 17.2 Å². The van der Waals surface area contributed by atoms with E-state index in [2.05, 4.69) is 17.6 Å². The van der Waals surface area contributed by atoms with Gasteiger partial charge in [-0.1, -0.05) is 56.9 Å². The third-order valence-electron chi connectivity index (χ3n) is 4.92. The molecule has 0 aliphatic heterocycles. The van der Waals surface area contributed by atoms with Crippen LogP contribution in [-0.4, -0.2) is 19.1 Å². The number of rotatable bonds is 13. The fraction of sp³-hybridized carbons (Fsp3) is 0.296. The summed E-state index contributed by atoms with van der Waals surface area (Å²) in [5.41, 5.74) is 1.58. The van der Waals surface area contributed by atoms with Gasteiger partial charge in [0.2, 0.25) is 5.91 Å². The molecule has 3 aromatic carbocycles. The monoisotopic (exact) mass is 432 g/mol. The number of ether oxygens (including phenoxy) is 2. The largest absolute Gasteiger partial charge is 0.494 e. The lowest BCUT2D eigenvalue weighted by Gasteiger charge is -2.11. The molecule has 0 radical (unpaired) electrons. The van der Waals surface area contributed by atoms with Crippen molar-refractivity contribution in [2.24, 2.45) is 0 Å². The number of hydrogen-bond donors (Lipinski definition) is 2. The van der Waals surface area contributed by atoms with Gasteiger partial charge in [-0.2, -0.15) is 0 Å². The van der Waals surface area contributed by atoms with Crippen molar-refractivity contribution in [2.75, 3.05) is 23.8 Å². The van der Waals surface area contributed by atoms with Gasteiger partial charge in [-0.15, -0.1) is 0 Å². The topological polar surface area (TPSA) is 59.6 Å². The molecule has 5 heteroatoms. The standard InChI is InChI=1S/C27H32N2O3/c1-2-3-4-5-9-19-31-26-14-10-11-23(20-26)29-27(30)21-28-22-15-17-25(18-16-22)32-24-12-7-6-8-13-24/h6-8,10-18,20,28H,2-5,9,19,21H2,1H3,(H,29,30). The Morgan fingerprint density at radius 2 is 1.47 bits per heavy atom. The van der Waals surface area contributed by atoms with Crippen LogP contribution in [0.3, 0.4) is 0 Å². The number of hydrogen-bond acceptors (Lipinski definition) is 4. The van der Waals surface area contributed by atoms with Gasteiger partial charge in [-0.3, -0.25) is 4.79 Å². The van der Waals surface area contributed by atoms with Crippen LogP contribution in [-0.2, 0) is 4.79 Å². The van der Waals surface area contributed by atoms with E-state index in [1.165, 1.54) is 25.7 Å². The highest BCUT2D eigenvalue weighted by Gasteiger charge is 2.05. The Morgan fingerprint density at radius 1 is 0.750 bits per heavy atom. The first-order valence-corrected chi connectivity index (χ1v) is 11.3. The molecular weight excluding hydrogens is 400 g/mol. The number of anilines is 2. The van der Waals surface area contributed by atoms with Crippen LogP contribution in [0.1, 0.15) is 39.0 Å². The number of unbranched alkanes of at least 4 members (excludes halogenated alkanes) is 4. The number of amides is 1. The molecule has 0 unspecified atom stereocenters. The van der Waals surface area contributed by atoms with Crippen molar-refractivity contribution in [1.82, 2.24) is 0 Å². The SMILES string of the molecule is CCCCCCCOc1cccc(NC(=O)CNc2ccc(Oc3ccccc3)cc2)c1. The van der Waals surface area contributed by atoms with E-state index in [1.54, 1.807) is 0 Å². The lowest BCUT2D eigenvalue weighted by Crippen LogP contribution is -2.21. The van der Waals surface area contributed by atoms with Crippen LogP contribution in [0.2, 0.25) is 0 Å². The maximum absolute atomic E-state index is 12.3. The van der Waals surface area contributed by atoms with Crippen molar-refractivity contribution < 1.29 is 14.3 Å². The quantitative estimate of drug-likeness (QED) is 0.289. The average Bonchev–Trinajstić information content (AvgIpc) is 2.82. The molecule has 3 rings (SSSR count). The van der Waals surface area contributed by atoms with Gasteiger partial charge in [0.25, 0.3) is 0 Å². The normalized spacial score (nSPS) is 10.4. The van der Waals surface area contributed by atoms with Crippen LogP contribution in [0, 0.1) is 0 Å². The van der Waals surface area contributed by atoms with Crippen LogP contribution >= 0.6 is 0 Å². The van der Waals surface area contributed by atoms with Crippen molar-refractivity contribution in [1.29, 1.82) is 0 Å². The number of carbonyl (C=O) groups excluding carboxylic acids is 1. The number of nitrogens with one attached hydrogen (secondary N) is 2. The Bertz CT molecular complexity index is 943. The van der Waals surface area contributed by atoms with Crippen LogP contribution in [0.4, 0.5) is 11.4 Å². The third kappa shape index (κ3) is 8.34. The van der Waals surface area contributed by atoms with Gasteiger partial charge < -0.3 is 20.1 Å². The highest BCUT2D eigenvalue weighted by Crippen LogP contribution is 2.22. The Hall–Kier alpha value is -3.47. The molecule has 0 saturated carbocycles. The van der Waals surface area contributed by atoms with Gasteiger partial charge >= 0.3 is 0 Å². The minimum Gasteiger partial charge on any atom is -0.494 e. The summed E-state index contributed by atoms with van der Waals surface area (Å²) in [7, 11) is 0. The molecule has 3 aromatic rings. The van der Waals surface area contributed by atoms with Crippen LogP contribution in [0.25, 0.3) is 0 Å². The number of carbonyl (C=O) groups is 1. The van der Waals surface area contributed by atoms with Crippen molar-refractivity contribution in [3.63, 3.8) is 0 Å². The maximum atomic E-state index is 12.3. The maximum Gasteiger partial charge on any atom is 0.243 e. The first kappa shape index (κ1) is 23.2. The number of para-hydroxylation sites is 1. The van der Waals surface area contributed by atoms with E-state index >= 15 is 0 Å². The lowest BCUT2D eigenvalue weighted by molar-refractivity contribution is -0.114. The molecule has 0 aliphatic rings. The molecular formula is C27H32N2O3. The highest BCUT2D eigenvalue weighted by molar-refractivity contribution is 5.93. The van der Waals surface area contributed by atoms with E-state index in [9.17, 15) is 4.79 Å². The fourth-order valence-electron chi connectivity index (χ4n) is 3.21. The van der Waals surface area contributed by atoms with Gasteiger partial charge in [0.1, 0.15) is 17.2 Å². The van der Waals surface area contributed by atoms with Crippen molar-refractivity contribution in [3.8, 4) is 17.2 Å². The van der Waals surface area contributed by atoms with Crippen molar-refractivity contribution >= 4 is 17.3 Å². The summed E-state index contributed by atoms with van der Waals surface area (Å²) < 4.78 is 11.6. The van der Waals surface area contributed by atoms with E-state index in [0.29, 0.717) is 6.61 Å². The van der Waals surface area contributed by atoms with E-state index in [4.69, 9.17) is 9.47 Å². The molecule has 0 atom stereocenters. The minimum atomic E-state index is -0.119. The molecule has 1 amide bonds. The molecule has 32 heavy (non-hydrogen) atoms. The highest BCUT2D eigenvalue weighted by atomic mass is 16.5. The third-order valence-corrected chi connectivity index (χ3v) is 4.92. The Balaban J connectivity index is 1.40. The molecule has 0 fully saturated rings. The summed E-state index contributed by atoms with van der Waals surface area (Å²) in [6, 6.07) is 24.7. The first-order valence-electron chi connectivity index (χ1n) is 11.3. The van der Waals surface area contributed by atoms with Crippen LogP contribution < -0.4 is 20.1 Å². The smallest absolute Gasteiger partial charge is 0.243 e. The van der Waals surface area contributed by atoms with Crippen molar-refractivity contribution in [2.45, 2.75) is 39.0 Å². The van der Waals surface area contributed by atoms with Gasteiger partial charge in [0.05, 0.1) is 13.2 Å². The molecule has 0 aromatic heterocycles. The summed E-state index contributed by atoms with van der Waals surface area (Å²) in [5, 5.41) is 6.04. The number of benzene rings is 3. The molecule has 5 nitrogen and oxygen atoms in total. The predicted octanol–water partition coefficient (Wildman–Crippen LogP) is 6.88. The molecule has 0 bridgehead atoms. The van der Waals surface area contributed by atoms with Gasteiger partial charge in [0, 0.05) is 17.4 Å². The zero-order chi connectivity index (χ0) is 22.4. The second-order valence-electron chi connectivity index (χ2n) is 7.63. The van der Waals surface area contributed by atoms with Gasteiger partial charge in [-0.25, -0.2) is 0 Å². The zero-order valence-electron chi connectivity index (χ0n) is 18.7. The van der Waals surface area contributed by atoms with E-state index in [0.717, 1.165) is 35.0 Å².